The van der Waals surface area contributed by atoms with Gasteiger partial charge in [-0.1, -0.05) is 30.5 Å². The molecule has 0 aliphatic heterocycles. The van der Waals surface area contributed by atoms with Gasteiger partial charge in [-0.05, 0) is 59.6 Å². The molecule has 0 bridgehead atoms. The van der Waals surface area contributed by atoms with E-state index in [1.54, 1.807) is 26.0 Å². The molecule has 0 saturated carbocycles. The van der Waals surface area contributed by atoms with Gasteiger partial charge < -0.3 is 4.74 Å². The van der Waals surface area contributed by atoms with Gasteiger partial charge in [-0.25, -0.2) is 8.42 Å². The first-order valence-corrected chi connectivity index (χ1v) is 10.1. The third kappa shape index (κ3) is 5.62. The Bertz CT molecular complexity index is 630. The van der Waals surface area contributed by atoms with E-state index in [0.29, 0.717) is 24.3 Å². The summed E-state index contributed by atoms with van der Waals surface area (Å²) in [6.45, 7) is 9.62. The van der Waals surface area contributed by atoms with E-state index in [-0.39, 0.29) is 5.97 Å². The maximum absolute atomic E-state index is 12.6. The molecular weight excluding hydrogens is 324 g/mol. The second-order valence-corrected chi connectivity index (χ2v) is 9.38. The van der Waals surface area contributed by atoms with Crippen LogP contribution in [-0.2, 0) is 19.4 Å². The molecule has 136 valence electrons. The number of benzene rings is 1. The van der Waals surface area contributed by atoms with E-state index in [0.717, 1.165) is 18.4 Å². The minimum absolute atomic E-state index is 0.190. The molecule has 24 heavy (non-hydrogen) atoms. The average molecular weight is 355 g/mol. The van der Waals surface area contributed by atoms with Crippen LogP contribution in [0.3, 0.4) is 0 Å². The van der Waals surface area contributed by atoms with Crippen LogP contribution in [0.15, 0.2) is 29.2 Å². The Kier molecular flexibility index (Phi) is 7.46. The number of hydrogen-bond donors (Lipinski definition) is 0. The lowest BCUT2D eigenvalue weighted by molar-refractivity contribution is -0.153. The Morgan fingerprint density at radius 2 is 1.75 bits per heavy atom. The van der Waals surface area contributed by atoms with E-state index >= 15 is 0 Å². The second kappa shape index (κ2) is 8.65. The normalized spacial score (nSPS) is 13.5. The van der Waals surface area contributed by atoms with Crippen molar-refractivity contribution in [1.82, 2.24) is 0 Å². The maximum Gasteiger partial charge on any atom is 0.311 e. The topological polar surface area (TPSA) is 60.4 Å². The number of carbonyl (C=O) groups is 1. The molecule has 0 amide bonds. The zero-order valence-electron chi connectivity index (χ0n) is 15.5. The molecule has 5 heteroatoms. The number of carbonyl (C=O) groups excluding carboxylic acids is 1. The summed E-state index contributed by atoms with van der Waals surface area (Å²) in [6, 6.07) is 6.99. The molecule has 1 rings (SSSR count). The molecule has 1 aromatic carbocycles. The van der Waals surface area contributed by atoms with Crippen LogP contribution in [-0.4, -0.2) is 26.2 Å². The van der Waals surface area contributed by atoms with Crippen molar-refractivity contribution in [3.63, 3.8) is 0 Å². The van der Waals surface area contributed by atoms with Gasteiger partial charge in [-0.2, -0.15) is 0 Å². The van der Waals surface area contributed by atoms with E-state index < -0.39 is 20.5 Å². The highest BCUT2D eigenvalue weighted by molar-refractivity contribution is 7.92. The van der Waals surface area contributed by atoms with Crippen LogP contribution in [0.1, 0.15) is 58.9 Å². The molecule has 0 radical (unpaired) electrons. The van der Waals surface area contributed by atoms with Crippen molar-refractivity contribution in [3.05, 3.63) is 29.8 Å². The molecule has 0 heterocycles. The van der Waals surface area contributed by atoms with Gasteiger partial charge in [-0.15, -0.1) is 0 Å². The lowest BCUT2D eigenvalue weighted by Crippen LogP contribution is -2.26. The van der Waals surface area contributed by atoms with Gasteiger partial charge in [0.2, 0.25) is 0 Å². The zero-order chi connectivity index (χ0) is 18.4. The molecule has 0 aliphatic carbocycles. The van der Waals surface area contributed by atoms with Crippen LogP contribution in [0, 0.1) is 12.3 Å². The largest absolute Gasteiger partial charge is 0.466 e. The third-order valence-corrected chi connectivity index (χ3v) is 6.59. The van der Waals surface area contributed by atoms with Gasteiger partial charge in [0.05, 0.1) is 22.2 Å². The number of sulfone groups is 1. The first kappa shape index (κ1) is 20.7. The van der Waals surface area contributed by atoms with E-state index in [1.807, 2.05) is 32.9 Å². The van der Waals surface area contributed by atoms with E-state index in [2.05, 4.69) is 0 Å². The van der Waals surface area contributed by atoms with Crippen LogP contribution < -0.4 is 0 Å². The standard InChI is InChI=1S/C19H30O4S/c1-6-23-18(20)19(4,5)14-8-7-9-16(3)24(21,22)17-12-10-15(2)11-13-17/h10-13,16H,6-9,14H2,1-5H3. The number of unbranched alkanes of at least 4 members (excludes halogenated alkanes) is 1. The average Bonchev–Trinajstić information content (AvgIpc) is 2.52. The molecule has 0 aliphatic rings. The fourth-order valence-corrected chi connectivity index (χ4v) is 4.00. The van der Waals surface area contributed by atoms with Gasteiger partial charge >= 0.3 is 5.97 Å². The molecule has 1 atom stereocenters. The molecule has 0 N–H and O–H groups in total. The number of rotatable bonds is 9. The Morgan fingerprint density at radius 3 is 2.29 bits per heavy atom. The first-order chi connectivity index (χ1) is 11.1. The van der Waals surface area contributed by atoms with Crippen molar-refractivity contribution < 1.29 is 17.9 Å². The molecule has 0 aromatic heterocycles. The summed E-state index contributed by atoms with van der Waals surface area (Å²) in [4.78, 5) is 12.2. The van der Waals surface area contributed by atoms with Crippen LogP contribution in [0.4, 0.5) is 0 Å². The van der Waals surface area contributed by atoms with Crippen LogP contribution >= 0.6 is 0 Å². The maximum atomic E-state index is 12.6. The SMILES string of the molecule is CCOC(=O)C(C)(C)CCCCC(C)S(=O)(=O)c1ccc(C)cc1. The summed E-state index contributed by atoms with van der Waals surface area (Å²) >= 11 is 0. The van der Waals surface area contributed by atoms with Crippen molar-refractivity contribution in [2.45, 2.75) is 70.4 Å². The van der Waals surface area contributed by atoms with Crippen LogP contribution in [0.25, 0.3) is 0 Å². The summed E-state index contributed by atoms with van der Waals surface area (Å²) in [5.74, 6) is -0.190. The molecule has 0 saturated heterocycles. The van der Waals surface area contributed by atoms with Gasteiger partial charge in [0.15, 0.2) is 9.84 Å². The van der Waals surface area contributed by atoms with Crippen molar-refractivity contribution >= 4 is 15.8 Å². The van der Waals surface area contributed by atoms with Gasteiger partial charge in [-0.3, -0.25) is 4.79 Å². The fraction of sp³-hybridized carbons (Fsp3) is 0.632. The summed E-state index contributed by atoms with van der Waals surface area (Å²) in [5, 5.41) is -0.425. The molecule has 0 spiro atoms. The molecule has 1 unspecified atom stereocenters. The van der Waals surface area contributed by atoms with E-state index in [1.165, 1.54) is 0 Å². The van der Waals surface area contributed by atoms with E-state index in [4.69, 9.17) is 4.74 Å². The minimum atomic E-state index is -3.29. The number of hydrogen-bond acceptors (Lipinski definition) is 4. The highest BCUT2D eigenvalue weighted by Crippen LogP contribution is 2.27. The van der Waals surface area contributed by atoms with Gasteiger partial charge in [0.25, 0.3) is 0 Å². The fourth-order valence-electron chi connectivity index (χ4n) is 2.54. The second-order valence-electron chi connectivity index (χ2n) is 7.02. The quantitative estimate of drug-likeness (QED) is 0.490. The van der Waals surface area contributed by atoms with Gasteiger partial charge in [0.1, 0.15) is 0 Å². The highest BCUT2D eigenvalue weighted by Gasteiger charge is 2.29. The summed E-state index contributed by atoms with van der Waals surface area (Å²) in [6.07, 6.45) is 2.87. The third-order valence-electron chi connectivity index (χ3n) is 4.37. The van der Waals surface area contributed by atoms with Crippen molar-refractivity contribution in [3.8, 4) is 0 Å². The minimum Gasteiger partial charge on any atom is -0.466 e. The Labute approximate surface area is 146 Å². The van der Waals surface area contributed by atoms with Crippen LogP contribution in [0.2, 0.25) is 0 Å². The number of aryl methyl sites for hydroxylation is 1. The summed E-state index contributed by atoms with van der Waals surface area (Å²) < 4.78 is 30.2. The number of esters is 1. The predicted octanol–water partition coefficient (Wildman–Crippen LogP) is 4.31. The van der Waals surface area contributed by atoms with Crippen molar-refractivity contribution in [1.29, 1.82) is 0 Å². The molecule has 0 fully saturated rings. The Morgan fingerprint density at radius 1 is 1.17 bits per heavy atom. The van der Waals surface area contributed by atoms with Crippen LogP contribution in [0.5, 0.6) is 0 Å². The van der Waals surface area contributed by atoms with Crippen molar-refractivity contribution in [2.75, 3.05) is 6.61 Å². The van der Waals surface area contributed by atoms with Crippen molar-refractivity contribution in [2.24, 2.45) is 5.41 Å². The lowest BCUT2D eigenvalue weighted by atomic mass is 9.87. The smallest absolute Gasteiger partial charge is 0.311 e. The van der Waals surface area contributed by atoms with E-state index in [9.17, 15) is 13.2 Å². The molecular formula is C19H30O4S. The highest BCUT2D eigenvalue weighted by atomic mass is 32.2. The Hall–Kier alpha value is -1.36. The molecule has 4 nitrogen and oxygen atoms in total. The first-order valence-electron chi connectivity index (χ1n) is 8.59. The van der Waals surface area contributed by atoms with Gasteiger partial charge in [0, 0.05) is 0 Å². The lowest BCUT2D eigenvalue weighted by Gasteiger charge is -2.22. The Balaban J connectivity index is 2.53. The zero-order valence-corrected chi connectivity index (χ0v) is 16.3. The molecule has 1 aromatic rings. The predicted molar refractivity (Wildman–Crippen MR) is 96.7 cm³/mol. The monoisotopic (exact) mass is 354 g/mol. The summed E-state index contributed by atoms with van der Waals surface area (Å²) in [7, 11) is -3.29. The summed E-state index contributed by atoms with van der Waals surface area (Å²) in [5.41, 5.74) is 0.525. The number of ether oxygens (including phenoxy) is 1.